The second kappa shape index (κ2) is 9.60. The molecular formula is C22H32N2O3. The lowest BCUT2D eigenvalue weighted by Crippen LogP contribution is -2.39. The third-order valence-electron chi connectivity index (χ3n) is 4.15. The van der Waals surface area contributed by atoms with Crippen molar-refractivity contribution in [2.75, 3.05) is 38.2 Å². The molecule has 2 rings (SSSR count). The molecule has 148 valence electrons. The maximum atomic E-state index is 12.5. The Kier molecular flexibility index (Phi) is 7.48. The van der Waals surface area contributed by atoms with Crippen molar-refractivity contribution in [1.29, 1.82) is 0 Å². The summed E-state index contributed by atoms with van der Waals surface area (Å²) in [5.41, 5.74) is 1.55. The van der Waals surface area contributed by atoms with Gasteiger partial charge >= 0.3 is 6.09 Å². The third kappa shape index (κ3) is 6.75. The maximum absolute atomic E-state index is 12.5. The van der Waals surface area contributed by atoms with Crippen molar-refractivity contribution in [3.8, 4) is 5.75 Å². The molecular weight excluding hydrogens is 340 g/mol. The molecule has 0 aliphatic carbocycles. The Bertz CT molecular complexity index is 677. The summed E-state index contributed by atoms with van der Waals surface area (Å²) in [6.07, 6.45) is 7.57. The summed E-state index contributed by atoms with van der Waals surface area (Å²) >= 11 is 0. The molecule has 1 amide bonds. The van der Waals surface area contributed by atoms with E-state index in [4.69, 9.17) is 9.47 Å². The average molecular weight is 373 g/mol. The number of hydrogen-bond donors (Lipinski definition) is 0. The molecule has 1 aromatic carbocycles. The lowest BCUT2D eigenvalue weighted by atomic mass is 10.0. The summed E-state index contributed by atoms with van der Waals surface area (Å²) < 4.78 is 11.4. The molecule has 0 atom stereocenters. The molecule has 1 aromatic rings. The highest BCUT2D eigenvalue weighted by molar-refractivity contribution is 5.89. The van der Waals surface area contributed by atoms with Gasteiger partial charge in [0.2, 0.25) is 0 Å². The van der Waals surface area contributed by atoms with Crippen LogP contribution in [0.5, 0.6) is 5.75 Å². The number of benzene rings is 1. The largest absolute Gasteiger partial charge is 0.490 e. The van der Waals surface area contributed by atoms with Gasteiger partial charge in [0.15, 0.2) is 0 Å². The number of amides is 1. The Morgan fingerprint density at radius 1 is 1.30 bits per heavy atom. The SMILES string of the molecule is C=CCN(C)C/C=C/COc1ccc2c(c1)CCCN2C(=O)OC(C)(C)C. The highest BCUT2D eigenvalue weighted by atomic mass is 16.6. The van der Waals surface area contributed by atoms with Crippen LogP contribution >= 0.6 is 0 Å². The van der Waals surface area contributed by atoms with E-state index in [9.17, 15) is 4.79 Å². The molecule has 0 radical (unpaired) electrons. The first-order valence-corrected chi connectivity index (χ1v) is 9.51. The first-order valence-electron chi connectivity index (χ1n) is 9.51. The predicted octanol–water partition coefficient (Wildman–Crippen LogP) is 4.43. The average Bonchev–Trinajstić information content (AvgIpc) is 2.59. The van der Waals surface area contributed by atoms with Crippen molar-refractivity contribution in [1.82, 2.24) is 4.90 Å². The van der Waals surface area contributed by atoms with E-state index in [0.29, 0.717) is 13.2 Å². The van der Waals surface area contributed by atoms with E-state index >= 15 is 0 Å². The van der Waals surface area contributed by atoms with Crippen LogP contribution in [0.4, 0.5) is 10.5 Å². The Hall–Kier alpha value is -2.27. The molecule has 0 spiro atoms. The Labute approximate surface area is 163 Å². The normalized spacial score (nSPS) is 14.3. The van der Waals surface area contributed by atoms with Gasteiger partial charge in [-0.15, -0.1) is 6.58 Å². The molecule has 0 N–H and O–H groups in total. The lowest BCUT2D eigenvalue weighted by Gasteiger charge is -2.31. The molecule has 1 aliphatic heterocycles. The Morgan fingerprint density at radius 2 is 2.07 bits per heavy atom. The minimum atomic E-state index is -0.496. The molecule has 0 fully saturated rings. The fraction of sp³-hybridized carbons (Fsp3) is 0.500. The first-order chi connectivity index (χ1) is 12.8. The summed E-state index contributed by atoms with van der Waals surface area (Å²) in [4.78, 5) is 16.3. The van der Waals surface area contributed by atoms with Crippen molar-refractivity contribution < 1.29 is 14.3 Å². The number of anilines is 1. The summed E-state index contributed by atoms with van der Waals surface area (Å²) in [7, 11) is 2.05. The smallest absolute Gasteiger partial charge is 0.414 e. The van der Waals surface area contributed by atoms with Crippen LogP contribution in [-0.2, 0) is 11.2 Å². The maximum Gasteiger partial charge on any atom is 0.414 e. The van der Waals surface area contributed by atoms with E-state index in [0.717, 1.165) is 42.9 Å². The van der Waals surface area contributed by atoms with Gasteiger partial charge in [-0.25, -0.2) is 4.79 Å². The van der Waals surface area contributed by atoms with Crippen molar-refractivity contribution in [2.24, 2.45) is 0 Å². The molecule has 0 aromatic heterocycles. The number of fused-ring (bicyclic) bond motifs is 1. The molecule has 27 heavy (non-hydrogen) atoms. The van der Waals surface area contributed by atoms with Gasteiger partial charge in [0.25, 0.3) is 0 Å². The predicted molar refractivity (Wildman–Crippen MR) is 111 cm³/mol. The second-order valence-electron chi connectivity index (χ2n) is 7.82. The van der Waals surface area contributed by atoms with Crippen LogP contribution < -0.4 is 9.64 Å². The first kappa shape index (κ1) is 21.0. The van der Waals surface area contributed by atoms with Crippen LogP contribution in [0.15, 0.2) is 43.0 Å². The Morgan fingerprint density at radius 3 is 2.78 bits per heavy atom. The monoisotopic (exact) mass is 372 g/mol. The zero-order valence-corrected chi connectivity index (χ0v) is 17.0. The van der Waals surface area contributed by atoms with Gasteiger partial charge in [0.1, 0.15) is 18.0 Å². The zero-order chi connectivity index (χ0) is 19.9. The van der Waals surface area contributed by atoms with Crippen molar-refractivity contribution in [3.63, 3.8) is 0 Å². The second-order valence-corrected chi connectivity index (χ2v) is 7.82. The van der Waals surface area contributed by atoms with Gasteiger partial charge in [-0.1, -0.05) is 18.2 Å². The van der Waals surface area contributed by atoms with Crippen LogP contribution in [0.1, 0.15) is 32.8 Å². The number of hydrogen-bond acceptors (Lipinski definition) is 4. The number of likely N-dealkylation sites (N-methyl/N-ethyl adjacent to an activating group) is 1. The van der Waals surface area contributed by atoms with E-state index in [1.165, 1.54) is 0 Å². The van der Waals surface area contributed by atoms with Crippen molar-refractivity contribution >= 4 is 11.8 Å². The number of ether oxygens (including phenoxy) is 2. The molecule has 0 bridgehead atoms. The van der Waals surface area contributed by atoms with Gasteiger partial charge in [-0.2, -0.15) is 0 Å². The molecule has 0 saturated carbocycles. The number of rotatable bonds is 7. The van der Waals surface area contributed by atoms with Crippen molar-refractivity contribution in [3.05, 3.63) is 48.6 Å². The summed E-state index contributed by atoms with van der Waals surface area (Å²) in [5.74, 6) is 0.823. The van der Waals surface area contributed by atoms with E-state index in [1.54, 1.807) is 4.90 Å². The quantitative estimate of drug-likeness (QED) is 0.664. The molecule has 1 aliphatic rings. The van der Waals surface area contributed by atoms with E-state index in [-0.39, 0.29) is 6.09 Å². The van der Waals surface area contributed by atoms with Crippen LogP contribution in [0.2, 0.25) is 0 Å². The summed E-state index contributed by atoms with van der Waals surface area (Å²) in [6, 6.07) is 5.90. The minimum absolute atomic E-state index is 0.288. The highest BCUT2D eigenvalue weighted by Gasteiger charge is 2.27. The molecule has 5 nitrogen and oxygen atoms in total. The van der Waals surface area contributed by atoms with E-state index < -0.39 is 5.60 Å². The lowest BCUT2D eigenvalue weighted by molar-refractivity contribution is 0.0578. The number of carbonyl (C=O) groups excluding carboxylic acids is 1. The van der Waals surface area contributed by atoms with Gasteiger partial charge in [0, 0.05) is 19.6 Å². The van der Waals surface area contributed by atoms with E-state index in [2.05, 4.69) is 17.6 Å². The molecule has 0 saturated heterocycles. The van der Waals surface area contributed by atoms with Gasteiger partial charge in [0.05, 0.1) is 5.69 Å². The molecule has 5 heteroatoms. The summed E-state index contributed by atoms with van der Waals surface area (Å²) in [6.45, 7) is 12.3. The number of aryl methyl sites for hydroxylation is 1. The third-order valence-corrected chi connectivity index (χ3v) is 4.15. The van der Waals surface area contributed by atoms with Crippen LogP contribution in [0.3, 0.4) is 0 Å². The van der Waals surface area contributed by atoms with Gasteiger partial charge < -0.3 is 9.47 Å². The van der Waals surface area contributed by atoms with Crippen LogP contribution in [0, 0.1) is 0 Å². The topological polar surface area (TPSA) is 42.0 Å². The van der Waals surface area contributed by atoms with Crippen molar-refractivity contribution in [2.45, 2.75) is 39.2 Å². The molecule has 0 unspecified atom stereocenters. The fourth-order valence-electron chi connectivity index (χ4n) is 2.93. The van der Waals surface area contributed by atoms with Gasteiger partial charge in [-0.05, 0) is 64.4 Å². The fourth-order valence-corrected chi connectivity index (χ4v) is 2.93. The standard InChI is InChI=1S/C22H32N2O3/c1-6-13-23(5)14-7-8-16-26-19-11-12-20-18(17-19)10-9-15-24(20)21(25)27-22(2,3)4/h6-8,11-12,17H,1,9-10,13-16H2,2-5H3/b8-7+. The number of carbonyl (C=O) groups is 1. The van der Waals surface area contributed by atoms with Crippen LogP contribution in [0.25, 0.3) is 0 Å². The van der Waals surface area contributed by atoms with Crippen LogP contribution in [-0.4, -0.2) is 49.9 Å². The Balaban J connectivity index is 1.95. The minimum Gasteiger partial charge on any atom is -0.490 e. The molecule has 1 heterocycles. The number of nitrogens with zero attached hydrogens (tertiary/aromatic N) is 2. The van der Waals surface area contributed by atoms with E-state index in [1.807, 2.05) is 58.2 Å². The highest BCUT2D eigenvalue weighted by Crippen LogP contribution is 2.31. The van der Waals surface area contributed by atoms with Gasteiger partial charge in [-0.3, -0.25) is 9.80 Å². The summed E-state index contributed by atoms with van der Waals surface area (Å²) in [5, 5.41) is 0. The zero-order valence-electron chi connectivity index (χ0n) is 17.0.